The highest BCUT2D eigenvalue weighted by Crippen LogP contribution is 2.38. The van der Waals surface area contributed by atoms with E-state index in [1.807, 2.05) is 13.8 Å². The van der Waals surface area contributed by atoms with E-state index >= 15 is 0 Å². The minimum absolute atomic E-state index is 0.143. The van der Waals surface area contributed by atoms with Crippen molar-refractivity contribution in [3.05, 3.63) is 0 Å². The second-order valence-corrected chi connectivity index (χ2v) is 6.18. The lowest BCUT2D eigenvalue weighted by molar-refractivity contribution is -0.157. The topological polar surface area (TPSA) is 18.5 Å². The van der Waals surface area contributed by atoms with Gasteiger partial charge in [0.2, 0.25) is 0 Å². The zero-order chi connectivity index (χ0) is 12.4. The van der Waals surface area contributed by atoms with Gasteiger partial charge in [0.05, 0.1) is 11.7 Å². The first-order valence-electron chi connectivity index (χ1n) is 6.65. The van der Waals surface area contributed by atoms with E-state index in [0.717, 1.165) is 12.3 Å². The summed E-state index contributed by atoms with van der Waals surface area (Å²) in [6, 6.07) is 0. The summed E-state index contributed by atoms with van der Waals surface area (Å²) < 4.78 is 11.9. The summed E-state index contributed by atoms with van der Waals surface area (Å²) in [7, 11) is 0. The summed E-state index contributed by atoms with van der Waals surface area (Å²) in [5, 5.41) is 0. The van der Waals surface area contributed by atoms with Crippen molar-refractivity contribution in [1.29, 1.82) is 0 Å². The fourth-order valence-electron chi connectivity index (χ4n) is 2.69. The van der Waals surface area contributed by atoms with Gasteiger partial charge in [-0.25, -0.2) is 0 Å². The van der Waals surface area contributed by atoms with Crippen molar-refractivity contribution in [2.75, 3.05) is 0 Å². The fraction of sp³-hybridized carbons (Fsp3) is 1.00. The van der Waals surface area contributed by atoms with E-state index in [4.69, 9.17) is 9.47 Å². The summed E-state index contributed by atoms with van der Waals surface area (Å²) in [6.07, 6.45) is 5.18. The van der Waals surface area contributed by atoms with Crippen LogP contribution in [0.1, 0.15) is 67.2 Å². The normalized spacial score (nSPS) is 29.2. The van der Waals surface area contributed by atoms with Gasteiger partial charge in [0.25, 0.3) is 0 Å². The Bertz CT molecular complexity index is 221. The molecule has 2 atom stereocenters. The summed E-state index contributed by atoms with van der Waals surface area (Å²) >= 11 is 0. The smallest absolute Gasteiger partial charge is 0.164 e. The third-order valence-electron chi connectivity index (χ3n) is 3.41. The summed E-state index contributed by atoms with van der Waals surface area (Å²) in [6.45, 7) is 12.9. The second-order valence-electron chi connectivity index (χ2n) is 6.18. The molecule has 0 bridgehead atoms. The van der Waals surface area contributed by atoms with E-state index < -0.39 is 5.79 Å². The van der Waals surface area contributed by atoms with Gasteiger partial charge in [-0.15, -0.1) is 0 Å². The maximum atomic E-state index is 5.97. The third-order valence-corrected chi connectivity index (χ3v) is 3.41. The molecule has 2 nitrogen and oxygen atoms in total. The minimum atomic E-state index is -0.415. The van der Waals surface area contributed by atoms with Crippen molar-refractivity contribution >= 4 is 0 Å². The molecule has 96 valence electrons. The average molecular weight is 228 g/mol. The van der Waals surface area contributed by atoms with Gasteiger partial charge in [-0.2, -0.15) is 0 Å². The van der Waals surface area contributed by atoms with Gasteiger partial charge in [-0.1, -0.05) is 26.7 Å². The van der Waals surface area contributed by atoms with Crippen LogP contribution in [0.15, 0.2) is 0 Å². The molecule has 1 fully saturated rings. The van der Waals surface area contributed by atoms with E-state index in [2.05, 4.69) is 27.7 Å². The zero-order valence-corrected chi connectivity index (χ0v) is 11.8. The lowest BCUT2D eigenvalue weighted by Crippen LogP contribution is -2.33. The highest BCUT2D eigenvalue weighted by atomic mass is 16.8. The molecule has 0 aromatic rings. The number of rotatable bonds is 5. The van der Waals surface area contributed by atoms with Crippen molar-refractivity contribution in [2.24, 2.45) is 5.92 Å². The molecule has 0 N–H and O–H groups in total. The molecule has 0 aliphatic carbocycles. The Morgan fingerprint density at radius 2 is 1.75 bits per heavy atom. The Morgan fingerprint density at radius 3 is 2.19 bits per heavy atom. The van der Waals surface area contributed by atoms with Crippen molar-refractivity contribution in [3.63, 3.8) is 0 Å². The minimum Gasteiger partial charge on any atom is -0.344 e. The summed E-state index contributed by atoms with van der Waals surface area (Å²) in [5.74, 6) is 0.385. The molecule has 0 amide bonds. The zero-order valence-electron chi connectivity index (χ0n) is 11.8. The van der Waals surface area contributed by atoms with Crippen LogP contribution in [-0.4, -0.2) is 17.5 Å². The predicted octanol–water partition coefficient (Wildman–Crippen LogP) is 4.13. The van der Waals surface area contributed by atoms with Crippen molar-refractivity contribution in [1.82, 2.24) is 0 Å². The van der Waals surface area contributed by atoms with Crippen molar-refractivity contribution < 1.29 is 9.47 Å². The Hall–Kier alpha value is -0.0800. The third kappa shape index (κ3) is 3.74. The van der Waals surface area contributed by atoms with E-state index in [0.29, 0.717) is 0 Å². The van der Waals surface area contributed by atoms with Crippen molar-refractivity contribution in [2.45, 2.75) is 84.7 Å². The van der Waals surface area contributed by atoms with E-state index in [1.165, 1.54) is 19.3 Å². The lowest BCUT2D eigenvalue weighted by atomic mass is 9.92. The highest BCUT2D eigenvalue weighted by Gasteiger charge is 2.46. The molecule has 16 heavy (non-hydrogen) atoms. The van der Waals surface area contributed by atoms with E-state index in [1.54, 1.807) is 0 Å². The molecule has 0 aromatic heterocycles. The maximum Gasteiger partial charge on any atom is 0.164 e. The first-order chi connectivity index (χ1) is 7.27. The van der Waals surface area contributed by atoms with Gasteiger partial charge in [0.1, 0.15) is 0 Å². The van der Waals surface area contributed by atoms with Crippen LogP contribution < -0.4 is 0 Å². The fourth-order valence-corrected chi connectivity index (χ4v) is 2.69. The van der Waals surface area contributed by atoms with Gasteiger partial charge < -0.3 is 9.47 Å². The SMILES string of the molecule is CCC[C@@H](C)CC[C@H]1OC(C)(C)OC1(C)C. The maximum absolute atomic E-state index is 5.97. The van der Waals surface area contributed by atoms with Gasteiger partial charge >= 0.3 is 0 Å². The van der Waals surface area contributed by atoms with Crippen LogP contribution in [0.3, 0.4) is 0 Å². The summed E-state index contributed by atoms with van der Waals surface area (Å²) in [5.41, 5.74) is -0.143. The monoisotopic (exact) mass is 228 g/mol. The molecule has 2 heteroatoms. The molecule has 0 unspecified atom stereocenters. The molecule has 0 aromatic carbocycles. The Morgan fingerprint density at radius 1 is 1.12 bits per heavy atom. The van der Waals surface area contributed by atoms with Crippen LogP contribution in [0.25, 0.3) is 0 Å². The number of hydrogen-bond donors (Lipinski definition) is 0. The molecule has 1 aliphatic heterocycles. The Balaban J connectivity index is 2.42. The number of hydrogen-bond acceptors (Lipinski definition) is 2. The van der Waals surface area contributed by atoms with Crippen LogP contribution >= 0.6 is 0 Å². The molecule has 0 saturated carbocycles. The van der Waals surface area contributed by atoms with Gasteiger partial charge in [0.15, 0.2) is 5.79 Å². The first kappa shape index (κ1) is 14.0. The summed E-state index contributed by atoms with van der Waals surface area (Å²) in [4.78, 5) is 0. The van der Waals surface area contributed by atoms with Gasteiger partial charge in [-0.3, -0.25) is 0 Å². The second kappa shape index (κ2) is 5.05. The van der Waals surface area contributed by atoms with Crippen LogP contribution in [0.5, 0.6) is 0 Å². The molecule has 0 radical (unpaired) electrons. The van der Waals surface area contributed by atoms with Crippen LogP contribution in [0.4, 0.5) is 0 Å². The quantitative estimate of drug-likeness (QED) is 0.704. The largest absolute Gasteiger partial charge is 0.344 e. The molecule has 1 rings (SSSR count). The molecular formula is C14H28O2. The lowest BCUT2D eigenvalue weighted by Gasteiger charge is -2.24. The van der Waals surface area contributed by atoms with E-state index in [9.17, 15) is 0 Å². The predicted molar refractivity (Wildman–Crippen MR) is 67.4 cm³/mol. The average Bonchev–Trinajstić information content (AvgIpc) is 2.31. The van der Waals surface area contributed by atoms with Gasteiger partial charge in [-0.05, 0) is 46.5 Å². The molecular weight excluding hydrogens is 200 g/mol. The highest BCUT2D eigenvalue weighted by molar-refractivity contribution is 4.89. The van der Waals surface area contributed by atoms with Crippen LogP contribution in [-0.2, 0) is 9.47 Å². The van der Waals surface area contributed by atoms with Gasteiger partial charge in [0, 0.05) is 0 Å². The first-order valence-corrected chi connectivity index (χ1v) is 6.65. The molecule has 1 aliphatic rings. The van der Waals surface area contributed by atoms with Crippen molar-refractivity contribution in [3.8, 4) is 0 Å². The standard InChI is InChI=1S/C14H28O2/c1-7-8-11(2)9-10-12-13(3,4)16-14(5,6)15-12/h11-12H,7-10H2,1-6H3/t11-,12-/m1/s1. The molecule has 1 saturated heterocycles. The Kier molecular flexibility index (Phi) is 4.42. The molecule has 1 heterocycles. The Labute approximate surface area is 101 Å². The molecule has 0 spiro atoms. The van der Waals surface area contributed by atoms with Crippen LogP contribution in [0, 0.1) is 5.92 Å². The van der Waals surface area contributed by atoms with Crippen LogP contribution in [0.2, 0.25) is 0 Å². The van der Waals surface area contributed by atoms with E-state index in [-0.39, 0.29) is 11.7 Å². The number of ether oxygens (including phenoxy) is 2.